The number of nitrogens with zero attached hydrogens (tertiary/aromatic N) is 1. The van der Waals surface area contributed by atoms with E-state index in [4.69, 9.17) is 0 Å². The molecule has 0 aliphatic rings. The van der Waals surface area contributed by atoms with Crippen LogP contribution in [0.15, 0.2) is 47.3 Å². The zero-order chi connectivity index (χ0) is 15.0. The summed E-state index contributed by atoms with van der Waals surface area (Å²) in [5, 5.41) is 12.3. The molecule has 106 valence electrons. The third-order valence-corrected chi connectivity index (χ3v) is 3.32. The van der Waals surface area contributed by atoms with Crippen LogP contribution in [0.4, 0.5) is 5.69 Å². The van der Waals surface area contributed by atoms with E-state index in [-0.39, 0.29) is 17.3 Å². The number of anilines is 1. The molecule has 0 saturated heterocycles. The number of aromatic nitrogens is 2. The van der Waals surface area contributed by atoms with E-state index in [1.165, 1.54) is 10.6 Å². The summed E-state index contributed by atoms with van der Waals surface area (Å²) in [6.45, 7) is 0. The van der Waals surface area contributed by atoms with Gasteiger partial charge in [0.1, 0.15) is 5.75 Å². The lowest BCUT2D eigenvalue weighted by Gasteiger charge is -2.07. The van der Waals surface area contributed by atoms with Gasteiger partial charge in [-0.15, -0.1) is 0 Å². The van der Waals surface area contributed by atoms with Crippen LogP contribution in [0.3, 0.4) is 0 Å². The number of carbonyl (C=O) groups excluding carboxylic acids is 1. The lowest BCUT2D eigenvalue weighted by molar-refractivity contribution is 0.102. The molecule has 0 radical (unpaired) electrons. The van der Waals surface area contributed by atoms with Crippen molar-refractivity contribution < 1.29 is 9.90 Å². The molecule has 3 aromatic rings. The van der Waals surface area contributed by atoms with Crippen molar-refractivity contribution in [2.75, 3.05) is 5.32 Å². The average Bonchev–Trinajstić information content (AvgIpc) is 2.76. The molecule has 0 bridgehead atoms. The number of aryl methyl sites for hydroxylation is 1. The molecule has 0 saturated carbocycles. The molecular weight excluding hydrogens is 270 g/mol. The quantitative estimate of drug-likeness (QED) is 0.627. The third-order valence-electron chi connectivity index (χ3n) is 3.32. The molecule has 0 spiro atoms. The van der Waals surface area contributed by atoms with Crippen LogP contribution in [0.25, 0.3) is 11.0 Å². The third kappa shape index (κ3) is 2.27. The van der Waals surface area contributed by atoms with Gasteiger partial charge in [0.2, 0.25) is 0 Å². The number of fused-ring (bicyclic) bond motifs is 1. The van der Waals surface area contributed by atoms with Crippen LogP contribution >= 0.6 is 0 Å². The van der Waals surface area contributed by atoms with Crippen LogP contribution in [0.5, 0.6) is 5.75 Å². The van der Waals surface area contributed by atoms with E-state index in [0.717, 1.165) is 5.52 Å². The topological polar surface area (TPSA) is 87.1 Å². The summed E-state index contributed by atoms with van der Waals surface area (Å²) in [5.74, 6) is -0.358. The van der Waals surface area contributed by atoms with Gasteiger partial charge in [-0.3, -0.25) is 9.36 Å². The van der Waals surface area contributed by atoms with Crippen LogP contribution in [-0.2, 0) is 7.05 Å². The van der Waals surface area contributed by atoms with E-state index >= 15 is 0 Å². The van der Waals surface area contributed by atoms with Crippen molar-refractivity contribution in [2.24, 2.45) is 7.05 Å². The molecular formula is C15H13N3O3. The Morgan fingerprint density at radius 3 is 2.76 bits per heavy atom. The highest BCUT2D eigenvalue weighted by atomic mass is 16.3. The summed E-state index contributed by atoms with van der Waals surface area (Å²) in [5.41, 5.74) is 1.81. The van der Waals surface area contributed by atoms with Gasteiger partial charge in [0, 0.05) is 12.6 Å². The first-order valence-electron chi connectivity index (χ1n) is 6.34. The Balaban J connectivity index is 1.95. The van der Waals surface area contributed by atoms with Crippen molar-refractivity contribution in [3.05, 3.63) is 58.5 Å². The number of amides is 1. The lowest BCUT2D eigenvalue weighted by Crippen LogP contribution is -2.12. The first-order valence-corrected chi connectivity index (χ1v) is 6.34. The fourth-order valence-corrected chi connectivity index (χ4v) is 2.15. The van der Waals surface area contributed by atoms with Gasteiger partial charge in [-0.05, 0) is 30.3 Å². The molecule has 1 heterocycles. The number of H-pyrrole nitrogens is 1. The van der Waals surface area contributed by atoms with Crippen molar-refractivity contribution in [3.8, 4) is 5.75 Å². The Morgan fingerprint density at radius 1 is 1.24 bits per heavy atom. The number of aromatic amines is 1. The molecule has 6 heteroatoms. The summed E-state index contributed by atoms with van der Waals surface area (Å²) in [7, 11) is 1.66. The molecule has 0 aliphatic heterocycles. The molecule has 0 atom stereocenters. The smallest absolute Gasteiger partial charge is 0.326 e. The molecule has 6 nitrogen and oxygen atoms in total. The van der Waals surface area contributed by atoms with E-state index in [1.807, 2.05) is 0 Å². The number of phenolic OH excluding ortho intramolecular Hbond substituents is 1. The molecule has 21 heavy (non-hydrogen) atoms. The summed E-state index contributed by atoms with van der Waals surface area (Å²) < 4.78 is 1.47. The fraction of sp³-hybridized carbons (Fsp3) is 0.0667. The maximum Gasteiger partial charge on any atom is 0.326 e. The number of rotatable bonds is 2. The minimum atomic E-state index is -0.358. The molecule has 1 aromatic heterocycles. The van der Waals surface area contributed by atoms with E-state index in [0.29, 0.717) is 16.8 Å². The number of carbonyl (C=O) groups is 1. The predicted molar refractivity (Wildman–Crippen MR) is 79.6 cm³/mol. The van der Waals surface area contributed by atoms with Gasteiger partial charge in [0.05, 0.1) is 16.7 Å². The van der Waals surface area contributed by atoms with Crippen LogP contribution < -0.4 is 11.0 Å². The second-order valence-electron chi connectivity index (χ2n) is 4.69. The number of aromatic hydroxyl groups is 1. The molecule has 2 aromatic carbocycles. The zero-order valence-electron chi connectivity index (χ0n) is 11.3. The monoisotopic (exact) mass is 283 g/mol. The Labute approximate surface area is 119 Å². The van der Waals surface area contributed by atoms with Crippen molar-refractivity contribution in [2.45, 2.75) is 0 Å². The predicted octanol–water partition coefficient (Wildman–Crippen LogP) is 1.82. The molecule has 0 unspecified atom stereocenters. The fourth-order valence-electron chi connectivity index (χ4n) is 2.15. The Hall–Kier alpha value is -3.02. The van der Waals surface area contributed by atoms with Gasteiger partial charge in [-0.1, -0.05) is 12.1 Å². The van der Waals surface area contributed by atoms with Gasteiger partial charge < -0.3 is 15.4 Å². The second kappa shape index (κ2) is 4.82. The van der Waals surface area contributed by atoms with Gasteiger partial charge in [0.15, 0.2) is 0 Å². The Morgan fingerprint density at radius 2 is 2.00 bits per heavy atom. The molecule has 0 fully saturated rings. The first-order chi connectivity index (χ1) is 10.1. The maximum absolute atomic E-state index is 12.2. The summed E-state index contributed by atoms with van der Waals surface area (Å²) in [6, 6.07) is 11.4. The Bertz CT molecular complexity index is 893. The van der Waals surface area contributed by atoms with Gasteiger partial charge >= 0.3 is 5.69 Å². The van der Waals surface area contributed by atoms with Crippen LogP contribution in [0.1, 0.15) is 10.4 Å². The first kappa shape index (κ1) is 13.0. The van der Waals surface area contributed by atoms with Crippen LogP contribution in [-0.4, -0.2) is 20.6 Å². The largest absolute Gasteiger partial charge is 0.506 e. The van der Waals surface area contributed by atoms with E-state index < -0.39 is 0 Å². The average molecular weight is 283 g/mol. The number of benzene rings is 2. The van der Waals surface area contributed by atoms with E-state index in [2.05, 4.69) is 10.3 Å². The standard InChI is InChI=1S/C15H13N3O3/c1-18-12-7-6-9(8-11(12)17-15(18)21)14(20)16-10-4-2-3-5-13(10)19/h2-8,19H,1H3,(H,16,20)(H,17,21). The van der Waals surface area contributed by atoms with E-state index in [9.17, 15) is 14.7 Å². The number of hydrogen-bond acceptors (Lipinski definition) is 3. The lowest BCUT2D eigenvalue weighted by atomic mass is 10.2. The zero-order valence-corrected chi connectivity index (χ0v) is 11.3. The number of para-hydroxylation sites is 2. The normalized spacial score (nSPS) is 10.7. The maximum atomic E-state index is 12.2. The van der Waals surface area contributed by atoms with Crippen LogP contribution in [0, 0.1) is 0 Å². The highest BCUT2D eigenvalue weighted by molar-refractivity contribution is 6.06. The van der Waals surface area contributed by atoms with Crippen molar-refractivity contribution in [3.63, 3.8) is 0 Å². The molecule has 1 amide bonds. The van der Waals surface area contributed by atoms with Gasteiger partial charge in [0.25, 0.3) is 5.91 Å². The molecule has 0 aliphatic carbocycles. The SMILES string of the molecule is Cn1c(=O)[nH]c2cc(C(=O)Nc3ccccc3O)ccc21. The second-order valence-corrected chi connectivity index (χ2v) is 4.69. The number of hydrogen-bond donors (Lipinski definition) is 3. The summed E-state index contributed by atoms with van der Waals surface area (Å²) in [4.78, 5) is 26.4. The minimum Gasteiger partial charge on any atom is -0.506 e. The highest BCUT2D eigenvalue weighted by Gasteiger charge is 2.11. The number of imidazole rings is 1. The van der Waals surface area contributed by atoms with Crippen molar-refractivity contribution in [1.82, 2.24) is 9.55 Å². The Kier molecular flexibility index (Phi) is 2.98. The van der Waals surface area contributed by atoms with Gasteiger partial charge in [-0.25, -0.2) is 4.79 Å². The highest BCUT2D eigenvalue weighted by Crippen LogP contribution is 2.22. The van der Waals surface area contributed by atoms with Gasteiger partial charge in [-0.2, -0.15) is 0 Å². The van der Waals surface area contributed by atoms with Crippen molar-refractivity contribution >= 4 is 22.6 Å². The molecule has 3 N–H and O–H groups in total. The minimum absolute atomic E-state index is 0.0000427. The summed E-state index contributed by atoms with van der Waals surface area (Å²) in [6.07, 6.45) is 0. The van der Waals surface area contributed by atoms with Crippen molar-refractivity contribution in [1.29, 1.82) is 0 Å². The summed E-state index contributed by atoms with van der Waals surface area (Å²) >= 11 is 0. The number of nitrogens with one attached hydrogen (secondary N) is 2. The van der Waals surface area contributed by atoms with E-state index in [1.54, 1.807) is 43.4 Å². The number of phenols is 1. The molecule has 3 rings (SSSR count). The van der Waals surface area contributed by atoms with Crippen LogP contribution in [0.2, 0.25) is 0 Å².